The first-order valence-corrected chi connectivity index (χ1v) is 5.89. The molecule has 0 spiro atoms. The fraction of sp³-hybridized carbons (Fsp3) is 0.357. The Morgan fingerprint density at radius 3 is 2.59 bits per heavy atom. The van der Waals surface area contributed by atoms with Gasteiger partial charge < -0.3 is 5.32 Å². The second-order valence-electron chi connectivity index (χ2n) is 4.59. The largest absolute Gasteiger partial charge is 0.378 e. The summed E-state index contributed by atoms with van der Waals surface area (Å²) < 4.78 is 0. The number of H-pyrrole nitrogens is 1. The van der Waals surface area contributed by atoms with Gasteiger partial charge in [0.05, 0.1) is 17.1 Å². The van der Waals surface area contributed by atoms with E-state index in [1.54, 1.807) is 0 Å². The van der Waals surface area contributed by atoms with Crippen LogP contribution < -0.4 is 5.32 Å². The van der Waals surface area contributed by atoms with Crippen molar-refractivity contribution in [1.29, 1.82) is 0 Å². The van der Waals surface area contributed by atoms with Gasteiger partial charge in [0.15, 0.2) is 0 Å². The average Bonchev–Trinajstić information content (AvgIpc) is 2.61. The van der Waals surface area contributed by atoms with E-state index in [-0.39, 0.29) is 0 Å². The van der Waals surface area contributed by atoms with E-state index in [0.29, 0.717) is 0 Å². The molecule has 1 aromatic carbocycles. The van der Waals surface area contributed by atoms with Crippen LogP contribution in [-0.2, 0) is 6.54 Å². The number of aromatic nitrogens is 2. The number of nitrogens with zero attached hydrogens (tertiary/aromatic N) is 1. The standard InChI is InChI=1S/C14H19N3/c1-9-5-6-10(2)13(7-9)8-15-14-11(3)16-17-12(14)4/h5-7,15H,8H2,1-4H3,(H,16,17). The van der Waals surface area contributed by atoms with Gasteiger partial charge in [0.1, 0.15) is 0 Å². The number of hydrogen-bond acceptors (Lipinski definition) is 2. The van der Waals surface area contributed by atoms with Crippen LogP contribution in [0.5, 0.6) is 0 Å². The summed E-state index contributed by atoms with van der Waals surface area (Å²) in [4.78, 5) is 0. The van der Waals surface area contributed by atoms with Crippen LogP contribution in [0, 0.1) is 27.7 Å². The third-order valence-electron chi connectivity index (χ3n) is 3.09. The van der Waals surface area contributed by atoms with Crippen molar-refractivity contribution in [3.05, 3.63) is 46.3 Å². The maximum absolute atomic E-state index is 4.18. The van der Waals surface area contributed by atoms with E-state index < -0.39 is 0 Å². The number of nitrogens with one attached hydrogen (secondary N) is 2. The molecule has 3 heteroatoms. The summed E-state index contributed by atoms with van der Waals surface area (Å²) in [6.07, 6.45) is 0. The van der Waals surface area contributed by atoms with Crippen molar-refractivity contribution in [2.75, 3.05) is 5.32 Å². The van der Waals surface area contributed by atoms with Gasteiger partial charge in [-0.3, -0.25) is 5.10 Å². The molecule has 2 aromatic rings. The van der Waals surface area contributed by atoms with Crippen molar-refractivity contribution in [2.24, 2.45) is 0 Å². The van der Waals surface area contributed by atoms with Crippen molar-refractivity contribution in [1.82, 2.24) is 10.2 Å². The molecular weight excluding hydrogens is 210 g/mol. The van der Waals surface area contributed by atoms with E-state index in [2.05, 4.69) is 47.6 Å². The quantitative estimate of drug-likeness (QED) is 0.848. The molecule has 3 nitrogen and oxygen atoms in total. The third kappa shape index (κ3) is 2.49. The zero-order valence-corrected chi connectivity index (χ0v) is 10.9. The van der Waals surface area contributed by atoms with E-state index in [1.807, 2.05) is 13.8 Å². The number of rotatable bonds is 3. The first kappa shape index (κ1) is 11.7. The van der Waals surface area contributed by atoms with Crippen LogP contribution in [0.1, 0.15) is 28.1 Å². The highest BCUT2D eigenvalue weighted by Crippen LogP contribution is 2.18. The van der Waals surface area contributed by atoms with Gasteiger partial charge in [-0.15, -0.1) is 0 Å². The predicted octanol–water partition coefficient (Wildman–Crippen LogP) is 3.26. The number of hydrogen-bond donors (Lipinski definition) is 2. The van der Waals surface area contributed by atoms with E-state index in [9.17, 15) is 0 Å². The Kier molecular flexibility index (Phi) is 3.18. The normalized spacial score (nSPS) is 10.6. The monoisotopic (exact) mass is 229 g/mol. The van der Waals surface area contributed by atoms with Gasteiger partial charge in [-0.2, -0.15) is 5.10 Å². The lowest BCUT2D eigenvalue weighted by atomic mass is 10.1. The predicted molar refractivity (Wildman–Crippen MR) is 71.3 cm³/mol. The zero-order valence-electron chi connectivity index (χ0n) is 10.9. The number of aryl methyl sites for hydroxylation is 4. The Morgan fingerprint density at radius 1 is 1.18 bits per heavy atom. The van der Waals surface area contributed by atoms with E-state index in [0.717, 1.165) is 23.6 Å². The molecule has 0 aliphatic carbocycles. The van der Waals surface area contributed by atoms with Crippen molar-refractivity contribution in [3.63, 3.8) is 0 Å². The van der Waals surface area contributed by atoms with Crippen molar-refractivity contribution in [3.8, 4) is 0 Å². The second kappa shape index (κ2) is 4.62. The summed E-state index contributed by atoms with van der Waals surface area (Å²) in [6.45, 7) is 9.15. The molecule has 0 atom stereocenters. The minimum absolute atomic E-state index is 0.842. The Bertz CT molecular complexity index is 507. The van der Waals surface area contributed by atoms with Gasteiger partial charge in [0, 0.05) is 6.54 Å². The SMILES string of the molecule is Cc1ccc(C)c(CNc2c(C)n[nH]c2C)c1. The van der Waals surface area contributed by atoms with Gasteiger partial charge in [-0.1, -0.05) is 23.8 Å². The molecule has 0 saturated carbocycles. The van der Waals surface area contributed by atoms with Crippen LogP contribution in [-0.4, -0.2) is 10.2 Å². The van der Waals surface area contributed by atoms with Crippen molar-refractivity contribution in [2.45, 2.75) is 34.2 Å². The lowest BCUT2D eigenvalue weighted by Crippen LogP contribution is -2.03. The van der Waals surface area contributed by atoms with Crippen molar-refractivity contribution < 1.29 is 0 Å². The van der Waals surface area contributed by atoms with E-state index >= 15 is 0 Å². The average molecular weight is 229 g/mol. The van der Waals surface area contributed by atoms with E-state index in [4.69, 9.17) is 0 Å². The van der Waals surface area contributed by atoms with Gasteiger partial charge in [-0.05, 0) is 38.8 Å². The first-order valence-electron chi connectivity index (χ1n) is 5.89. The Labute approximate surface area is 102 Å². The van der Waals surface area contributed by atoms with Gasteiger partial charge in [0.25, 0.3) is 0 Å². The first-order chi connectivity index (χ1) is 8.08. The molecule has 0 bridgehead atoms. The van der Waals surface area contributed by atoms with Gasteiger partial charge >= 0.3 is 0 Å². The summed E-state index contributed by atoms with van der Waals surface area (Å²) in [5, 5.41) is 10.6. The van der Waals surface area contributed by atoms with Gasteiger partial charge in [0.2, 0.25) is 0 Å². The highest BCUT2D eigenvalue weighted by atomic mass is 15.1. The lowest BCUT2D eigenvalue weighted by molar-refractivity contribution is 1.02. The molecule has 0 unspecified atom stereocenters. The minimum Gasteiger partial charge on any atom is -0.378 e. The maximum atomic E-state index is 4.18. The molecule has 2 N–H and O–H groups in total. The summed E-state index contributed by atoms with van der Waals surface area (Å²) in [6, 6.07) is 6.54. The lowest BCUT2D eigenvalue weighted by Gasteiger charge is -2.10. The molecule has 1 aromatic heterocycles. The van der Waals surface area contributed by atoms with E-state index in [1.165, 1.54) is 16.7 Å². The summed E-state index contributed by atoms with van der Waals surface area (Å²) in [5.41, 5.74) is 7.19. The Hall–Kier alpha value is -1.77. The summed E-state index contributed by atoms with van der Waals surface area (Å²) in [7, 11) is 0. The minimum atomic E-state index is 0.842. The Balaban J connectivity index is 2.15. The molecule has 0 saturated heterocycles. The van der Waals surface area contributed by atoms with Crippen LogP contribution in [0.3, 0.4) is 0 Å². The summed E-state index contributed by atoms with van der Waals surface area (Å²) in [5.74, 6) is 0. The molecule has 90 valence electrons. The fourth-order valence-corrected chi connectivity index (χ4v) is 1.99. The fourth-order valence-electron chi connectivity index (χ4n) is 1.99. The highest BCUT2D eigenvalue weighted by molar-refractivity contribution is 5.52. The molecule has 0 aliphatic heterocycles. The molecule has 0 aliphatic rings. The number of anilines is 1. The molecule has 0 fully saturated rings. The zero-order chi connectivity index (χ0) is 12.4. The Morgan fingerprint density at radius 2 is 1.94 bits per heavy atom. The highest BCUT2D eigenvalue weighted by Gasteiger charge is 2.06. The maximum Gasteiger partial charge on any atom is 0.0825 e. The molecule has 17 heavy (non-hydrogen) atoms. The van der Waals surface area contributed by atoms with Crippen LogP contribution in [0.4, 0.5) is 5.69 Å². The van der Waals surface area contributed by atoms with Crippen LogP contribution in [0.25, 0.3) is 0 Å². The smallest absolute Gasteiger partial charge is 0.0825 e. The van der Waals surface area contributed by atoms with Crippen LogP contribution >= 0.6 is 0 Å². The molecule has 2 rings (SSSR count). The van der Waals surface area contributed by atoms with Crippen LogP contribution in [0.15, 0.2) is 18.2 Å². The topological polar surface area (TPSA) is 40.7 Å². The number of benzene rings is 1. The molecule has 1 heterocycles. The molecule has 0 amide bonds. The molecular formula is C14H19N3. The second-order valence-corrected chi connectivity index (χ2v) is 4.59. The van der Waals surface area contributed by atoms with Crippen LogP contribution in [0.2, 0.25) is 0 Å². The number of aromatic amines is 1. The summed E-state index contributed by atoms with van der Waals surface area (Å²) >= 11 is 0. The van der Waals surface area contributed by atoms with Crippen molar-refractivity contribution >= 4 is 5.69 Å². The third-order valence-corrected chi connectivity index (χ3v) is 3.09. The molecule has 0 radical (unpaired) electrons. The van der Waals surface area contributed by atoms with Gasteiger partial charge in [-0.25, -0.2) is 0 Å².